The Labute approximate surface area is 114 Å². The van der Waals surface area contributed by atoms with Crippen molar-refractivity contribution in [3.05, 3.63) is 29.8 Å². The van der Waals surface area contributed by atoms with Gasteiger partial charge >= 0.3 is 5.97 Å². The lowest BCUT2D eigenvalue weighted by atomic mass is 10.1. The predicted octanol–water partition coefficient (Wildman–Crippen LogP) is 2.73. The highest BCUT2D eigenvalue weighted by Gasteiger charge is 2.17. The Morgan fingerprint density at radius 2 is 2.00 bits per heavy atom. The molecule has 0 amide bonds. The van der Waals surface area contributed by atoms with Gasteiger partial charge in [0, 0.05) is 13.6 Å². The van der Waals surface area contributed by atoms with Gasteiger partial charge < -0.3 is 9.64 Å². The second-order valence-electron chi connectivity index (χ2n) is 5.39. The summed E-state index contributed by atoms with van der Waals surface area (Å²) >= 11 is 0. The van der Waals surface area contributed by atoms with Crippen LogP contribution in [-0.4, -0.2) is 25.2 Å². The summed E-state index contributed by atoms with van der Waals surface area (Å²) in [5.41, 5.74) is 0.975. The summed E-state index contributed by atoms with van der Waals surface area (Å²) in [5.74, 6) is -0.228. The number of nitriles is 1. The number of hydrogen-bond acceptors (Lipinski definition) is 4. The van der Waals surface area contributed by atoms with Crippen LogP contribution in [0, 0.1) is 11.3 Å². The van der Waals surface area contributed by atoms with E-state index in [0.29, 0.717) is 18.5 Å². The van der Waals surface area contributed by atoms with Gasteiger partial charge in [-0.2, -0.15) is 5.26 Å². The van der Waals surface area contributed by atoms with Crippen LogP contribution in [0.2, 0.25) is 0 Å². The number of rotatable bonds is 4. The molecule has 102 valence electrons. The van der Waals surface area contributed by atoms with E-state index in [4.69, 9.17) is 10.00 Å². The molecule has 0 aliphatic carbocycles. The van der Waals surface area contributed by atoms with E-state index in [0.717, 1.165) is 5.69 Å². The molecule has 19 heavy (non-hydrogen) atoms. The smallest absolute Gasteiger partial charge is 0.308 e. The minimum atomic E-state index is -0.458. The van der Waals surface area contributed by atoms with Crippen LogP contribution >= 0.6 is 0 Å². The van der Waals surface area contributed by atoms with Crippen molar-refractivity contribution in [3.63, 3.8) is 0 Å². The fourth-order valence-corrected chi connectivity index (χ4v) is 1.67. The SMILES string of the molecule is CN(CCC(=O)OC(C)(C)C)c1ccccc1C#N. The predicted molar refractivity (Wildman–Crippen MR) is 74.9 cm³/mol. The number of anilines is 1. The van der Waals surface area contributed by atoms with E-state index in [9.17, 15) is 4.79 Å². The number of carbonyl (C=O) groups excluding carboxylic acids is 1. The van der Waals surface area contributed by atoms with E-state index >= 15 is 0 Å². The largest absolute Gasteiger partial charge is 0.460 e. The molecule has 0 heterocycles. The Hall–Kier alpha value is -2.02. The number of hydrogen-bond donors (Lipinski definition) is 0. The van der Waals surface area contributed by atoms with Gasteiger partial charge in [-0.25, -0.2) is 0 Å². The zero-order valence-corrected chi connectivity index (χ0v) is 11.9. The van der Waals surface area contributed by atoms with Crippen molar-refractivity contribution in [2.75, 3.05) is 18.5 Å². The number of esters is 1. The lowest BCUT2D eigenvalue weighted by Gasteiger charge is -2.22. The fraction of sp³-hybridized carbons (Fsp3) is 0.467. The summed E-state index contributed by atoms with van der Waals surface area (Å²) in [5, 5.41) is 9.03. The number of para-hydroxylation sites is 1. The molecule has 0 atom stereocenters. The van der Waals surface area contributed by atoms with Crippen molar-refractivity contribution in [1.29, 1.82) is 5.26 Å². The molecule has 0 spiro atoms. The van der Waals surface area contributed by atoms with Crippen molar-refractivity contribution in [1.82, 2.24) is 0 Å². The van der Waals surface area contributed by atoms with Crippen LogP contribution in [0.5, 0.6) is 0 Å². The Kier molecular flexibility index (Phi) is 4.94. The second kappa shape index (κ2) is 6.24. The first-order valence-electron chi connectivity index (χ1n) is 6.25. The van der Waals surface area contributed by atoms with Crippen LogP contribution in [0.3, 0.4) is 0 Å². The van der Waals surface area contributed by atoms with Gasteiger partial charge in [-0.05, 0) is 32.9 Å². The lowest BCUT2D eigenvalue weighted by Crippen LogP contribution is -2.28. The van der Waals surface area contributed by atoms with E-state index in [1.165, 1.54) is 0 Å². The molecule has 1 rings (SSSR count). The maximum absolute atomic E-state index is 11.6. The van der Waals surface area contributed by atoms with Gasteiger partial charge in [0.25, 0.3) is 0 Å². The average Bonchev–Trinajstić information content (AvgIpc) is 2.33. The van der Waals surface area contributed by atoms with E-state index in [-0.39, 0.29) is 5.97 Å². The Morgan fingerprint density at radius 3 is 2.58 bits per heavy atom. The average molecular weight is 260 g/mol. The van der Waals surface area contributed by atoms with Gasteiger partial charge in [0.2, 0.25) is 0 Å². The van der Waals surface area contributed by atoms with Crippen molar-refractivity contribution < 1.29 is 9.53 Å². The molecular formula is C15H20N2O2. The molecule has 0 radical (unpaired) electrons. The maximum Gasteiger partial charge on any atom is 0.308 e. The number of benzene rings is 1. The molecule has 4 nitrogen and oxygen atoms in total. The van der Waals surface area contributed by atoms with Gasteiger partial charge in [0.1, 0.15) is 11.7 Å². The first kappa shape index (κ1) is 15.0. The third kappa shape index (κ3) is 5.01. The van der Waals surface area contributed by atoms with Gasteiger partial charge in [-0.3, -0.25) is 4.79 Å². The Morgan fingerprint density at radius 1 is 1.37 bits per heavy atom. The first-order valence-corrected chi connectivity index (χ1v) is 6.25. The third-order valence-corrected chi connectivity index (χ3v) is 2.51. The summed E-state index contributed by atoms with van der Waals surface area (Å²) in [6.45, 7) is 6.06. The van der Waals surface area contributed by atoms with Gasteiger partial charge in [-0.15, -0.1) is 0 Å². The van der Waals surface area contributed by atoms with Crippen molar-refractivity contribution >= 4 is 11.7 Å². The summed E-state index contributed by atoms with van der Waals surface area (Å²) in [7, 11) is 1.86. The molecule has 0 saturated heterocycles. The zero-order valence-electron chi connectivity index (χ0n) is 11.9. The Balaban J connectivity index is 2.59. The quantitative estimate of drug-likeness (QED) is 0.781. The van der Waals surface area contributed by atoms with Crippen molar-refractivity contribution in [3.8, 4) is 6.07 Å². The Bertz CT molecular complexity index is 484. The normalized spacial score (nSPS) is 10.7. The molecule has 0 aliphatic heterocycles. The molecule has 0 saturated carbocycles. The lowest BCUT2D eigenvalue weighted by molar-refractivity contribution is -0.154. The highest BCUT2D eigenvalue weighted by Crippen LogP contribution is 2.18. The van der Waals surface area contributed by atoms with Gasteiger partial charge in [0.15, 0.2) is 0 Å². The molecule has 0 aliphatic rings. The summed E-state index contributed by atoms with van der Waals surface area (Å²) in [4.78, 5) is 13.5. The van der Waals surface area contributed by atoms with Crippen LogP contribution in [0.15, 0.2) is 24.3 Å². The van der Waals surface area contributed by atoms with Crippen LogP contribution < -0.4 is 4.90 Å². The zero-order chi connectivity index (χ0) is 14.5. The van der Waals surface area contributed by atoms with Crippen LogP contribution in [0.25, 0.3) is 0 Å². The summed E-state index contributed by atoms with van der Waals surface area (Å²) in [6, 6.07) is 9.47. The van der Waals surface area contributed by atoms with E-state index in [1.807, 2.05) is 50.9 Å². The van der Waals surface area contributed by atoms with E-state index in [1.54, 1.807) is 6.07 Å². The van der Waals surface area contributed by atoms with Crippen LogP contribution in [0.1, 0.15) is 32.8 Å². The highest BCUT2D eigenvalue weighted by molar-refractivity contribution is 5.71. The number of ether oxygens (including phenoxy) is 1. The van der Waals surface area contributed by atoms with Crippen molar-refractivity contribution in [2.24, 2.45) is 0 Å². The number of carbonyl (C=O) groups is 1. The molecular weight excluding hydrogens is 240 g/mol. The molecule has 1 aromatic carbocycles. The fourth-order valence-electron chi connectivity index (χ4n) is 1.67. The summed E-state index contributed by atoms with van der Waals surface area (Å²) in [6.07, 6.45) is 0.299. The minimum absolute atomic E-state index is 0.228. The van der Waals surface area contributed by atoms with Crippen LogP contribution in [-0.2, 0) is 9.53 Å². The first-order chi connectivity index (χ1) is 8.83. The topological polar surface area (TPSA) is 53.3 Å². The third-order valence-electron chi connectivity index (χ3n) is 2.51. The second-order valence-corrected chi connectivity index (χ2v) is 5.39. The van der Waals surface area contributed by atoms with Gasteiger partial charge in [0.05, 0.1) is 17.7 Å². The molecule has 0 N–H and O–H groups in total. The molecule has 0 aromatic heterocycles. The molecule has 1 aromatic rings. The standard InChI is InChI=1S/C15H20N2O2/c1-15(2,3)19-14(18)9-10-17(4)13-8-6-5-7-12(13)11-16/h5-8H,9-10H2,1-4H3. The molecule has 0 unspecified atom stereocenters. The van der Waals surface area contributed by atoms with Crippen molar-refractivity contribution in [2.45, 2.75) is 32.8 Å². The summed E-state index contributed by atoms with van der Waals surface area (Å²) < 4.78 is 5.25. The highest BCUT2D eigenvalue weighted by atomic mass is 16.6. The van der Waals surface area contributed by atoms with E-state index < -0.39 is 5.60 Å². The van der Waals surface area contributed by atoms with E-state index in [2.05, 4.69) is 6.07 Å². The van der Waals surface area contributed by atoms with Gasteiger partial charge in [-0.1, -0.05) is 12.1 Å². The number of nitrogens with zero attached hydrogens (tertiary/aromatic N) is 2. The molecule has 0 fully saturated rings. The van der Waals surface area contributed by atoms with Crippen LogP contribution in [0.4, 0.5) is 5.69 Å². The monoisotopic (exact) mass is 260 g/mol. The molecule has 4 heteroatoms. The minimum Gasteiger partial charge on any atom is -0.460 e. The molecule has 0 bridgehead atoms. The maximum atomic E-state index is 11.6.